The topological polar surface area (TPSA) is 61.8 Å². The van der Waals surface area contributed by atoms with Crippen LogP contribution in [0, 0.1) is 0 Å². The smallest absolute Gasteiger partial charge is 0.321 e. The maximum atomic E-state index is 14.1. The quantitative estimate of drug-likeness (QED) is 0.631. The minimum atomic E-state index is -4.82. The molecular formula is C9H20F2O5P2. The highest BCUT2D eigenvalue weighted by Gasteiger charge is 2.65. The van der Waals surface area contributed by atoms with Crippen LogP contribution in [-0.2, 0) is 22.7 Å². The lowest BCUT2D eigenvalue weighted by molar-refractivity contribution is 0.0827. The summed E-state index contributed by atoms with van der Waals surface area (Å²) in [5, 5.41) is -4.17. The molecular weight excluding hydrogens is 288 g/mol. The van der Waals surface area contributed by atoms with E-state index in [0.717, 1.165) is 6.66 Å². The molecule has 5 nitrogen and oxygen atoms in total. The number of hydrogen-bond donors (Lipinski definition) is 0. The summed E-state index contributed by atoms with van der Waals surface area (Å²) in [4.78, 5) is 0. The second kappa shape index (κ2) is 6.58. The summed E-state index contributed by atoms with van der Waals surface area (Å²) in [5.41, 5.74) is 0. The molecule has 0 aromatic heterocycles. The highest BCUT2D eigenvalue weighted by molar-refractivity contribution is 7.75. The summed E-state index contributed by atoms with van der Waals surface area (Å²) in [6.07, 6.45) is -0.691. The Kier molecular flexibility index (Phi) is 6.65. The maximum Gasteiger partial charge on any atom is 0.418 e. The van der Waals surface area contributed by atoms with Crippen LogP contribution in [0.15, 0.2) is 0 Å². The Balaban J connectivity index is 5.42. The number of rotatable bonds is 8. The van der Waals surface area contributed by atoms with E-state index in [2.05, 4.69) is 9.05 Å². The largest absolute Gasteiger partial charge is 0.418 e. The van der Waals surface area contributed by atoms with Crippen molar-refractivity contribution in [2.75, 3.05) is 19.9 Å². The fraction of sp³-hybridized carbons (Fsp3) is 1.00. The van der Waals surface area contributed by atoms with Crippen molar-refractivity contribution in [2.45, 2.75) is 39.2 Å². The van der Waals surface area contributed by atoms with Crippen molar-refractivity contribution >= 4 is 15.0 Å². The Labute approximate surface area is 106 Å². The Morgan fingerprint density at radius 2 is 1.50 bits per heavy atom. The fourth-order valence-corrected chi connectivity index (χ4v) is 5.48. The molecule has 1 unspecified atom stereocenters. The number of alkyl halides is 2. The van der Waals surface area contributed by atoms with E-state index in [0.29, 0.717) is 0 Å². The molecule has 1 atom stereocenters. The lowest BCUT2D eigenvalue weighted by Crippen LogP contribution is -2.23. The molecule has 0 amide bonds. The molecule has 0 spiro atoms. The van der Waals surface area contributed by atoms with E-state index in [1.807, 2.05) is 0 Å². The lowest BCUT2D eigenvalue weighted by atomic mass is 10.5. The van der Waals surface area contributed by atoms with Crippen LogP contribution in [0.1, 0.15) is 27.7 Å². The van der Waals surface area contributed by atoms with Crippen molar-refractivity contribution in [3.05, 3.63) is 0 Å². The van der Waals surface area contributed by atoms with Crippen LogP contribution in [0.4, 0.5) is 8.78 Å². The molecule has 0 saturated heterocycles. The van der Waals surface area contributed by atoms with E-state index >= 15 is 0 Å². The van der Waals surface area contributed by atoms with Crippen LogP contribution in [0.5, 0.6) is 0 Å². The maximum absolute atomic E-state index is 14.1. The van der Waals surface area contributed by atoms with Crippen LogP contribution in [0.25, 0.3) is 0 Å². The second-order valence-corrected chi connectivity index (χ2v) is 8.73. The van der Waals surface area contributed by atoms with Crippen LogP contribution in [0.2, 0.25) is 0 Å². The van der Waals surface area contributed by atoms with E-state index in [4.69, 9.17) is 4.52 Å². The minimum Gasteiger partial charge on any atom is -0.321 e. The monoisotopic (exact) mass is 308 g/mol. The first-order valence-electron chi connectivity index (χ1n) is 5.57. The fourth-order valence-electron chi connectivity index (χ4n) is 1.22. The van der Waals surface area contributed by atoms with E-state index < -0.39 is 26.5 Å². The molecule has 0 N–H and O–H groups in total. The van der Waals surface area contributed by atoms with Crippen molar-refractivity contribution in [3.63, 3.8) is 0 Å². The van der Waals surface area contributed by atoms with Gasteiger partial charge in [0.25, 0.3) is 7.37 Å². The predicted molar refractivity (Wildman–Crippen MR) is 65.6 cm³/mol. The van der Waals surface area contributed by atoms with Gasteiger partial charge in [-0.2, -0.15) is 8.78 Å². The van der Waals surface area contributed by atoms with Gasteiger partial charge in [-0.1, -0.05) is 0 Å². The van der Waals surface area contributed by atoms with Gasteiger partial charge in [-0.15, -0.1) is 0 Å². The van der Waals surface area contributed by atoms with E-state index in [9.17, 15) is 17.9 Å². The predicted octanol–water partition coefficient (Wildman–Crippen LogP) is 4.14. The molecule has 0 heterocycles. The SMILES string of the molecule is CCOP(=O)(OCC)C(F)(F)P(C)(=O)OC(C)C. The van der Waals surface area contributed by atoms with E-state index in [1.165, 1.54) is 27.7 Å². The zero-order valence-electron chi connectivity index (χ0n) is 11.2. The summed E-state index contributed by atoms with van der Waals surface area (Å²) < 4.78 is 65.9. The first-order chi connectivity index (χ1) is 8.04. The van der Waals surface area contributed by atoms with Crippen LogP contribution >= 0.6 is 15.0 Å². The van der Waals surface area contributed by atoms with Gasteiger partial charge < -0.3 is 13.6 Å². The summed E-state index contributed by atoms with van der Waals surface area (Å²) >= 11 is 0. The molecule has 0 rings (SSSR count). The van der Waals surface area contributed by atoms with Gasteiger partial charge in [-0.25, -0.2) is 0 Å². The molecule has 0 aromatic carbocycles. The third-order valence-electron chi connectivity index (χ3n) is 1.83. The molecule has 0 bridgehead atoms. The van der Waals surface area contributed by atoms with Gasteiger partial charge in [0.05, 0.1) is 19.3 Å². The van der Waals surface area contributed by atoms with Crippen LogP contribution in [0.3, 0.4) is 0 Å². The Morgan fingerprint density at radius 3 is 1.78 bits per heavy atom. The highest BCUT2D eigenvalue weighted by atomic mass is 31.2. The Hall–Kier alpha value is 0.200. The molecule has 0 radical (unpaired) electrons. The summed E-state index contributed by atoms with van der Waals surface area (Å²) in [7, 11) is -9.30. The van der Waals surface area contributed by atoms with Gasteiger partial charge in [0, 0.05) is 6.66 Å². The van der Waals surface area contributed by atoms with Crippen LogP contribution in [-0.4, -0.2) is 31.4 Å². The summed E-state index contributed by atoms with van der Waals surface area (Å²) in [5.74, 6) is 0. The Bertz CT molecular complexity index is 349. The standard InChI is InChI=1S/C9H20F2O5P2/c1-6-14-18(13,15-7-2)9(10,11)17(5,12)16-8(3)4/h8H,6-7H2,1-5H3. The first-order valence-corrected chi connectivity index (χ1v) is 9.18. The Morgan fingerprint density at radius 1 is 1.11 bits per heavy atom. The highest BCUT2D eigenvalue weighted by Crippen LogP contribution is 2.77. The van der Waals surface area contributed by atoms with E-state index in [1.54, 1.807) is 0 Å². The minimum absolute atomic E-state index is 0.242. The average Bonchev–Trinajstić information content (AvgIpc) is 2.15. The van der Waals surface area contributed by atoms with Crippen molar-refractivity contribution in [2.24, 2.45) is 0 Å². The van der Waals surface area contributed by atoms with Crippen molar-refractivity contribution in [3.8, 4) is 0 Å². The average molecular weight is 308 g/mol. The van der Waals surface area contributed by atoms with Crippen molar-refractivity contribution < 1.29 is 31.5 Å². The molecule has 9 heteroatoms. The van der Waals surface area contributed by atoms with Gasteiger partial charge >= 0.3 is 13.0 Å². The molecule has 110 valence electrons. The van der Waals surface area contributed by atoms with Gasteiger partial charge in [0.2, 0.25) is 0 Å². The molecule has 0 aliphatic heterocycles. The van der Waals surface area contributed by atoms with E-state index in [-0.39, 0.29) is 13.2 Å². The normalized spacial score (nSPS) is 16.9. The summed E-state index contributed by atoms with van der Waals surface area (Å²) in [6.45, 7) is 5.95. The van der Waals surface area contributed by atoms with Gasteiger partial charge in [0.1, 0.15) is 0 Å². The second-order valence-electron chi connectivity index (χ2n) is 3.84. The van der Waals surface area contributed by atoms with Gasteiger partial charge in [-0.05, 0) is 27.7 Å². The molecule has 0 aliphatic rings. The zero-order chi connectivity index (χ0) is 14.6. The lowest BCUT2D eigenvalue weighted by Gasteiger charge is -2.30. The van der Waals surface area contributed by atoms with Crippen molar-refractivity contribution in [1.82, 2.24) is 0 Å². The van der Waals surface area contributed by atoms with Crippen LogP contribution < -0.4 is 0 Å². The van der Waals surface area contributed by atoms with Gasteiger partial charge in [-0.3, -0.25) is 9.13 Å². The molecule has 0 fully saturated rings. The molecule has 0 aliphatic carbocycles. The molecule has 0 saturated carbocycles. The summed E-state index contributed by atoms with van der Waals surface area (Å²) in [6, 6.07) is 0. The van der Waals surface area contributed by atoms with Gasteiger partial charge in [0.15, 0.2) is 0 Å². The number of hydrogen-bond acceptors (Lipinski definition) is 5. The van der Waals surface area contributed by atoms with Crippen molar-refractivity contribution in [1.29, 1.82) is 0 Å². The molecule has 0 aromatic rings. The third-order valence-corrected chi connectivity index (χ3v) is 7.31. The zero-order valence-corrected chi connectivity index (χ0v) is 13.0. The molecule has 18 heavy (non-hydrogen) atoms. The first kappa shape index (κ1) is 18.2. The third kappa shape index (κ3) is 3.84. The number of halogens is 2.